The predicted octanol–water partition coefficient (Wildman–Crippen LogP) is 12.1. The number of ether oxygens (including phenoxy) is 1. The number of fused-ring (bicyclic) bond motifs is 1. The van der Waals surface area contributed by atoms with Gasteiger partial charge in [-0.15, -0.1) is 0 Å². The molecule has 3 heterocycles. The Hall–Kier alpha value is -3.48. The maximum absolute atomic E-state index is 13.1. The van der Waals surface area contributed by atoms with Crippen LogP contribution >= 0.6 is 0 Å². The molecule has 1 aliphatic carbocycles. The Bertz CT molecular complexity index is 1570. The molecule has 2 unspecified atom stereocenters. The topological polar surface area (TPSA) is 72.0 Å². The van der Waals surface area contributed by atoms with E-state index in [2.05, 4.69) is 62.6 Å². The van der Waals surface area contributed by atoms with Crippen molar-refractivity contribution >= 4 is 34.2 Å². The third-order valence-corrected chi connectivity index (χ3v) is 10.5. The molecule has 3 aromatic rings. The molecule has 52 heavy (non-hydrogen) atoms. The lowest BCUT2D eigenvalue weighted by Crippen LogP contribution is -2.25. The van der Waals surface area contributed by atoms with Crippen LogP contribution in [0.5, 0.6) is 0 Å². The molecule has 1 aromatic carbocycles. The molecule has 7 nitrogen and oxygen atoms in total. The van der Waals surface area contributed by atoms with Crippen molar-refractivity contribution in [3.63, 3.8) is 0 Å². The summed E-state index contributed by atoms with van der Waals surface area (Å²) in [6, 6.07) is 9.66. The van der Waals surface area contributed by atoms with Crippen LogP contribution in [0.25, 0.3) is 16.6 Å². The standard InChI is InChI=1S/C24H27N5O2.C14H30.C5H10.C2H6/c1-14-7-8-18-20(11-14)29(5)24(26-18)27-23(30)17-12-15(2)25-19(13-17)22-16(3)28(4)10-9-21(22)31-6;1-5-8-9-11-14(10-6-2)12-13(4)7-3;1-2-4-5-3-1;1-2/h7-8,11-13H,9-10H2,1-6H3;13-14H,5-12H2,1-4H3;1-5H2;1-2H3/p+1. The predicted molar refractivity (Wildman–Crippen MR) is 224 cm³/mol. The molecule has 290 valence electrons. The Morgan fingerprint density at radius 3 is 2.21 bits per heavy atom. The van der Waals surface area contributed by atoms with Gasteiger partial charge in [-0.1, -0.05) is 125 Å². The molecule has 0 saturated heterocycles. The van der Waals surface area contributed by atoms with E-state index in [4.69, 9.17) is 9.72 Å². The molecule has 1 N–H and O–H groups in total. The van der Waals surface area contributed by atoms with E-state index < -0.39 is 0 Å². The lowest BCUT2D eigenvalue weighted by Gasteiger charge is -2.19. The van der Waals surface area contributed by atoms with Gasteiger partial charge in [-0.25, -0.2) is 9.56 Å². The first-order chi connectivity index (χ1) is 25.0. The van der Waals surface area contributed by atoms with Crippen LogP contribution in [0.4, 0.5) is 5.95 Å². The second kappa shape index (κ2) is 24.0. The van der Waals surface area contributed by atoms with Gasteiger partial charge in [0.1, 0.15) is 24.9 Å². The summed E-state index contributed by atoms with van der Waals surface area (Å²) < 4.78 is 9.73. The van der Waals surface area contributed by atoms with Gasteiger partial charge in [-0.3, -0.25) is 15.1 Å². The Morgan fingerprint density at radius 1 is 0.942 bits per heavy atom. The van der Waals surface area contributed by atoms with Crippen molar-refractivity contribution in [1.29, 1.82) is 0 Å². The first-order valence-electron chi connectivity index (χ1n) is 20.6. The number of amides is 1. The number of nitrogens with zero attached hydrogens (tertiary/aromatic N) is 4. The van der Waals surface area contributed by atoms with Crippen molar-refractivity contribution in [2.45, 2.75) is 152 Å². The lowest BCUT2D eigenvalue weighted by atomic mass is 9.87. The zero-order chi connectivity index (χ0) is 38.6. The molecule has 0 spiro atoms. The number of aryl methyl sites for hydroxylation is 3. The van der Waals surface area contributed by atoms with E-state index >= 15 is 0 Å². The average molecular weight is 717 g/mol. The third-order valence-electron chi connectivity index (χ3n) is 10.5. The number of methoxy groups -OCH3 is 1. The van der Waals surface area contributed by atoms with E-state index in [0.29, 0.717) is 11.5 Å². The number of nitrogens with one attached hydrogen (secondary N) is 1. The Balaban J connectivity index is 0.000000369. The summed E-state index contributed by atoms with van der Waals surface area (Å²) in [4.78, 5) is 22.4. The fourth-order valence-corrected chi connectivity index (χ4v) is 7.09. The maximum Gasteiger partial charge on any atom is 0.258 e. The summed E-state index contributed by atoms with van der Waals surface area (Å²) in [6.07, 6.45) is 19.7. The molecule has 2 aromatic heterocycles. The second-order valence-corrected chi connectivity index (χ2v) is 14.7. The van der Waals surface area contributed by atoms with Crippen LogP contribution in [0.15, 0.2) is 36.1 Å². The summed E-state index contributed by atoms with van der Waals surface area (Å²) in [6.45, 7) is 20.2. The van der Waals surface area contributed by atoms with E-state index in [9.17, 15) is 4.79 Å². The van der Waals surface area contributed by atoms with Crippen molar-refractivity contribution in [3.8, 4) is 0 Å². The van der Waals surface area contributed by atoms with E-state index in [-0.39, 0.29) is 5.91 Å². The number of hydrogen-bond acceptors (Lipinski definition) is 4. The molecule has 7 heteroatoms. The van der Waals surface area contributed by atoms with Gasteiger partial charge in [-0.05, 0) is 61.9 Å². The molecule has 2 atom stereocenters. The van der Waals surface area contributed by atoms with Gasteiger partial charge in [0.15, 0.2) is 5.71 Å². The van der Waals surface area contributed by atoms with Crippen LogP contribution in [0.1, 0.15) is 166 Å². The number of aromatic nitrogens is 3. The maximum atomic E-state index is 13.1. The Kier molecular flexibility index (Phi) is 20.6. The number of carbonyl (C=O) groups excluding carboxylic acids is 1. The van der Waals surface area contributed by atoms with Gasteiger partial charge in [0.25, 0.3) is 5.91 Å². The van der Waals surface area contributed by atoms with Crippen LogP contribution < -0.4 is 5.32 Å². The van der Waals surface area contributed by atoms with Crippen LogP contribution in [0.3, 0.4) is 0 Å². The van der Waals surface area contributed by atoms with Crippen molar-refractivity contribution in [2.75, 3.05) is 26.0 Å². The molecule has 2 aliphatic rings. The highest BCUT2D eigenvalue weighted by Gasteiger charge is 2.27. The zero-order valence-electron chi connectivity index (χ0n) is 35.3. The van der Waals surface area contributed by atoms with Gasteiger partial charge in [0.2, 0.25) is 5.95 Å². The third kappa shape index (κ3) is 13.8. The van der Waals surface area contributed by atoms with Gasteiger partial charge < -0.3 is 9.30 Å². The van der Waals surface area contributed by atoms with Crippen LogP contribution in [0.2, 0.25) is 0 Å². The summed E-state index contributed by atoms with van der Waals surface area (Å²) in [5.74, 6) is 3.14. The summed E-state index contributed by atoms with van der Waals surface area (Å²) in [5.41, 5.74) is 7.06. The van der Waals surface area contributed by atoms with E-state index in [1.165, 1.54) is 83.5 Å². The molecular weight excluding hydrogens is 643 g/mol. The minimum Gasteiger partial charge on any atom is -0.500 e. The van der Waals surface area contributed by atoms with Crippen molar-refractivity contribution in [3.05, 3.63) is 58.6 Å². The SMILES string of the molecule is C1CCCC1.CC.CCCCCC(CCC)CC(C)CC.COC1=C(c2cc(C(=O)Nc3nc4ccc(C)cc4n3C)cc(C)n2)C(C)=[N+](C)CC1. The molecule has 1 fully saturated rings. The highest BCUT2D eigenvalue weighted by molar-refractivity contribution is 6.21. The summed E-state index contributed by atoms with van der Waals surface area (Å²) >= 11 is 0. The normalized spacial score (nSPS) is 15.2. The number of unbranched alkanes of at least 4 members (excludes halogenated alkanes) is 2. The first-order valence-corrected chi connectivity index (χ1v) is 20.6. The number of imidazole rings is 1. The minimum absolute atomic E-state index is 0.219. The Morgan fingerprint density at radius 2 is 1.62 bits per heavy atom. The number of anilines is 1. The summed E-state index contributed by atoms with van der Waals surface area (Å²) in [5, 5.41) is 2.96. The number of pyridine rings is 1. The number of rotatable bonds is 13. The van der Waals surface area contributed by atoms with Crippen molar-refractivity contribution < 1.29 is 14.1 Å². The minimum atomic E-state index is -0.219. The molecule has 1 aliphatic heterocycles. The molecule has 0 bridgehead atoms. The monoisotopic (exact) mass is 717 g/mol. The van der Waals surface area contributed by atoms with E-state index in [1.807, 2.05) is 57.5 Å². The van der Waals surface area contributed by atoms with Crippen molar-refractivity contribution in [2.24, 2.45) is 18.9 Å². The molecule has 1 amide bonds. The molecular formula is C45H74N5O2+. The fourth-order valence-electron chi connectivity index (χ4n) is 7.09. The fraction of sp³-hybridized carbons (Fsp3) is 0.644. The van der Waals surface area contributed by atoms with Crippen LogP contribution in [-0.2, 0) is 11.8 Å². The van der Waals surface area contributed by atoms with Gasteiger partial charge in [0.05, 0.1) is 30.3 Å². The highest BCUT2D eigenvalue weighted by atomic mass is 16.5. The lowest BCUT2D eigenvalue weighted by molar-refractivity contribution is -0.497. The summed E-state index contributed by atoms with van der Waals surface area (Å²) in [7, 11) is 5.64. The smallest absolute Gasteiger partial charge is 0.258 e. The molecule has 0 radical (unpaired) electrons. The van der Waals surface area contributed by atoms with E-state index in [0.717, 1.165) is 69.8 Å². The largest absolute Gasteiger partial charge is 0.500 e. The van der Waals surface area contributed by atoms with Crippen LogP contribution in [-0.4, -0.2) is 51.4 Å². The number of carbonyl (C=O) groups is 1. The average Bonchev–Trinajstić information content (AvgIpc) is 3.83. The second-order valence-electron chi connectivity index (χ2n) is 14.7. The Labute approximate surface area is 317 Å². The highest BCUT2D eigenvalue weighted by Crippen LogP contribution is 2.27. The quantitative estimate of drug-likeness (QED) is 0.141. The van der Waals surface area contributed by atoms with Crippen molar-refractivity contribution in [1.82, 2.24) is 14.5 Å². The number of hydrogen-bond donors (Lipinski definition) is 1. The first kappa shape index (κ1) is 44.7. The number of allylic oxidation sites excluding steroid dienone is 1. The molecule has 1 saturated carbocycles. The van der Waals surface area contributed by atoms with Gasteiger partial charge in [-0.2, -0.15) is 0 Å². The van der Waals surface area contributed by atoms with Crippen LogP contribution in [0, 0.1) is 25.7 Å². The van der Waals surface area contributed by atoms with Gasteiger partial charge >= 0.3 is 0 Å². The molecule has 5 rings (SSSR count). The number of benzene rings is 1. The van der Waals surface area contributed by atoms with E-state index in [1.54, 1.807) is 13.2 Å². The zero-order valence-corrected chi connectivity index (χ0v) is 35.3. The van der Waals surface area contributed by atoms with Gasteiger partial charge in [0, 0.05) is 25.2 Å².